The van der Waals surface area contributed by atoms with Crippen molar-refractivity contribution in [2.45, 2.75) is 83.1 Å². The SMILES string of the molecule is CCCCNS(=O)(=O)c1ccc2c(c1)nc(CC1CCCC1)n2CCCC. The standard InChI is InChI=1S/C21H33N3O2S/c1-3-5-13-22-27(25,26)18-11-12-20-19(16-18)23-21(24(20)14-6-4-2)15-17-9-7-8-10-17/h11-12,16-17,22H,3-10,13-15H2,1-2H3. The molecule has 0 spiro atoms. The summed E-state index contributed by atoms with van der Waals surface area (Å²) < 4.78 is 30.1. The van der Waals surface area contributed by atoms with Crippen molar-refractivity contribution in [1.82, 2.24) is 14.3 Å². The number of aromatic nitrogens is 2. The number of unbranched alkanes of at least 4 members (excludes halogenated alkanes) is 2. The summed E-state index contributed by atoms with van der Waals surface area (Å²) in [6, 6.07) is 5.40. The maximum Gasteiger partial charge on any atom is 0.240 e. The van der Waals surface area contributed by atoms with Crippen molar-refractivity contribution in [3.05, 3.63) is 24.0 Å². The molecule has 1 aromatic carbocycles. The first-order valence-electron chi connectivity index (χ1n) is 10.5. The normalized spacial score (nSPS) is 15.8. The van der Waals surface area contributed by atoms with Crippen molar-refractivity contribution < 1.29 is 8.42 Å². The summed E-state index contributed by atoms with van der Waals surface area (Å²) in [5, 5.41) is 0. The Morgan fingerprint density at radius 3 is 2.59 bits per heavy atom. The first kappa shape index (κ1) is 20.3. The maximum atomic E-state index is 12.5. The van der Waals surface area contributed by atoms with E-state index in [1.165, 1.54) is 25.7 Å². The molecule has 1 saturated carbocycles. The quantitative estimate of drug-likeness (QED) is 0.600. The van der Waals surface area contributed by atoms with Crippen LogP contribution in [0.1, 0.15) is 71.0 Å². The number of rotatable bonds is 10. The van der Waals surface area contributed by atoms with E-state index in [2.05, 4.69) is 23.1 Å². The number of sulfonamides is 1. The Morgan fingerprint density at radius 1 is 1.15 bits per heavy atom. The number of hydrogen-bond donors (Lipinski definition) is 1. The highest BCUT2D eigenvalue weighted by atomic mass is 32.2. The van der Waals surface area contributed by atoms with Gasteiger partial charge in [0.25, 0.3) is 0 Å². The van der Waals surface area contributed by atoms with Crippen LogP contribution in [0.4, 0.5) is 0 Å². The van der Waals surface area contributed by atoms with Crippen LogP contribution in [0.15, 0.2) is 23.1 Å². The van der Waals surface area contributed by atoms with Crippen LogP contribution < -0.4 is 4.72 Å². The van der Waals surface area contributed by atoms with Gasteiger partial charge in [0.2, 0.25) is 10.0 Å². The van der Waals surface area contributed by atoms with E-state index in [1.807, 2.05) is 6.07 Å². The Labute approximate surface area is 163 Å². The molecule has 1 aliphatic carbocycles. The summed E-state index contributed by atoms with van der Waals surface area (Å²) >= 11 is 0. The lowest BCUT2D eigenvalue weighted by Crippen LogP contribution is -2.24. The summed E-state index contributed by atoms with van der Waals surface area (Å²) in [6.45, 7) is 5.68. The molecule has 1 aliphatic rings. The fraction of sp³-hybridized carbons (Fsp3) is 0.667. The zero-order chi connectivity index (χ0) is 19.3. The molecule has 3 rings (SSSR count). The average molecular weight is 392 g/mol. The first-order chi connectivity index (χ1) is 13.0. The molecule has 1 aromatic heterocycles. The van der Waals surface area contributed by atoms with Gasteiger partial charge in [-0.25, -0.2) is 18.1 Å². The zero-order valence-electron chi connectivity index (χ0n) is 16.7. The van der Waals surface area contributed by atoms with E-state index in [9.17, 15) is 8.42 Å². The lowest BCUT2D eigenvalue weighted by Gasteiger charge is -2.12. The molecule has 0 radical (unpaired) electrons. The van der Waals surface area contributed by atoms with Gasteiger partial charge in [0.1, 0.15) is 5.82 Å². The molecule has 0 unspecified atom stereocenters. The molecule has 2 aromatic rings. The second kappa shape index (κ2) is 9.20. The van der Waals surface area contributed by atoms with Gasteiger partial charge in [-0.3, -0.25) is 0 Å². The third-order valence-corrected chi connectivity index (χ3v) is 7.07. The van der Waals surface area contributed by atoms with E-state index < -0.39 is 10.0 Å². The van der Waals surface area contributed by atoms with Crippen LogP contribution in [0.5, 0.6) is 0 Å². The number of nitrogens with zero attached hydrogens (tertiary/aromatic N) is 2. The number of imidazole rings is 1. The van der Waals surface area contributed by atoms with Crippen LogP contribution in [0, 0.1) is 5.92 Å². The van der Waals surface area contributed by atoms with Gasteiger partial charge in [0, 0.05) is 19.5 Å². The first-order valence-corrected chi connectivity index (χ1v) is 12.0. The van der Waals surface area contributed by atoms with Crippen molar-refractivity contribution in [3.8, 4) is 0 Å². The predicted molar refractivity (Wildman–Crippen MR) is 110 cm³/mol. The van der Waals surface area contributed by atoms with E-state index in [0.717, 1.165) is 61.4 Å². The van der Waals surface area contributed by atoms with Crippen molar-refractivity contribution in [2.75, 3.05) is 6.54 Å². The fourth-order valence-electron chi connectivity index (χ4n) is 3.99. The summed E-state index contributed by atoms with van der Waals surface area (Å²) in [5.41, 5.74) is 1.86. The molecule has 1 heterocycles. The van der Waals surface area contributed by atoms with Gasteiger partial charge in [0.15, 0.2) is 0 Å². The molecule has 0 atom stereocenters. The molecule has 0 amide bonds. The number of hydrogen-bond acceptors (Lipinski definition) is 3. The molecule has 150 valence electrons. The van der Waals surface area contributed by atoms with E-state index in [1.54, 1.807) is 12.1 Å². The van der Waals surface area contributed by atoms with E-state index in [-0.39, 0.29) is 0 Å². The second-order valence-corrected chi connectivity index (χ2v) is 9.56. The monoisotopic (exact) mass is 391 g/mol. The zero-order valence-corrected chi connectivity index (χ0v) is 17.5. The largest absolute Gasteiger partial charge is 0.328 e. The van der Waals surface area contributed by atoms with E-state index in [0.29, 0.717) is 11.4 Å². The van der Waals surface area contributed by atoms with Gasteiger partial charge >= 0.3 is 0 Å². The third-order valence-electron chi connectivity index (χ3n) is 5.61. The predicted octanol–water partition coefficient (Wildman–Crippen LogP) is 4.65. The number of aryl methyl sites for hydroxylation is 1. The summed E-state index contributed by atoms with van der Waals surface area (Å²) in [6.07, 6.45) is 10.3. The molecule has 1 N–H and O–H groups in total. The molecular weight excluding hydrogens is 358 g/mol. The Balaban J connectivity index is 1.90. The fourth-order valence-corrected chi connectivity index (χ4v) is 5.08. The third kappa shape index (κ3) is 4.91. The lowest BCUT2D eigenvalue weighted by molar-refractivity contribution is 0.506. The minimum absolute atomic E-state index is 0.318. The molecule has 1 fully saturated rings. The van der Waals surface area contributed by atoms with Gasteiger partial charge in [-0.1, -0.05) is 52.4 Å². The highest BCUT2D eigenvalue weighted by Gasteiger charge is 2.21. The average Bonchev–Trinajstić information content (AvgIpc) is 3.27. The van der Waals surface area contributed by atoms with Crippen LogP contribution in [0.2, 0.25) is 0 Å². The Kier molecular flexibility index (Phi) is 6.93. The van der Waals surface area contributed by atoms with Crippen molar-refractivity contribution in [3.63, 3.8) is 0 Å². The van der Waals surface area contributed by atoms with Gasteiger partial charge in [-0.15, -0.1) is 0 Å². The van der Waals surface area contributed by atoms with Crippen molar-refractivity contribution in [1.29, 1.82) is 0 Å². The molecular formula is C21H33N3O2S. The van der Waals surface area contributed by atoms with Crippen LogP contribution in [0.25, 0.3) is 11.0 Å². The number of nitrogens with one attached hydrogen (secondary N) is 1. The van der Waals surface area contributed by atoms with Gasteiger partial charge in [0.05, 0.1) is 15.9 Å². The minimum atomic E-state index is -3.47. The van der Waals surface area contributed by atoms with Crippen LogP contribution >= 0.6 is 0 Å². The smallest absolute Gasteiger partial charge is 0.240 e. The van der Waals surface area contributed by atoms with Gasteiger partial charge in [-0.2, -0.15) is 0 Å². The second-order valence-electron chi connectivity index (χ2n) is 7.79. The van der Waals surface area contributed by atoms with E-state index in [4.69, 9.17) is 4.98 Å². The molecule has 27 heavy (non-hydrogen) atoms. The van der Waals surface area contributed by atoms with Crippen molar-refractivity contribution >= 4 is 21.1 Å². The Hall–Kier alpha value is -1.40. The summed E-state index contributed by atoms with van der Waals surface area (Å²) in [5.74, 6) is 1.85. The molecule has 0 saturated heterocycles. The number of fused-ring (bicyclic) bond motifs is 1. The van der Waals surface area contributed by atoms with Gasteiger partial charge in [-0.05, 0) is 37.0 Å². The molecule has 5 nitrogen and oxygen atoms in total. The topological polar surface area (TPSA) is 64.0 Å². The van der Waals surface area contributed by atoms with Crippen LogP contribution in [0.3, 0.4) is 0 Å². The summed E-state index contributed by atoms with van der Waals surface area (Å²) in [4.78, 5) is 5.19. The Bertz CT molecular complexity index is 852. The van der Waals surface area contributed by atoms with Crippen LogP contribution in [-0.2, 0) is 23.0 Å². The van der Waals surface area contributed by atoms with Gasteiger partial charge < -0.3 is 4.57 Å². The van der Waals surface area contributed by atoms with Crippen molar-refractivity contribution in [2.24, 2.45) is 5.92 Å². The van der Waals surface area contributed by atoms with Crippen LogP contribution in [-0.4, -0.2) is 24.5 Å². The van der Waals surface area contributed by atoms with E-state index >= 15 is 0 Å². The molecule has 0 bridgehead atoms. The Morgan fingerprint density at radius 2 is 1.89 bits per heavy atom. The summed E-state index contributed by atoms with van der Waals surface area (Å²) in [7, 11) is -3.47. The highest BCUT2D eigenvalue weighted by Crippen LogP contribution is 2.30. The maximum absolute atomic E-state index is 12.5. The number of benzene rings is 1. The minimum Gasteiger partial charge on any atom is -0.328 e. The lowest BCUT2D eigenvalue weighted by atomic mass is 10.0. The molecule has 6 heteroatoms. The highest BCUT2D eigenvalue weighted by molar-refractivity contribution is 7.89. The molecule has 0 aliphatic heterocycles.